The van der Waals surface area contributed by atoms with Crippen LogP contribution in [0, 0.1) is 0 Å². The first-order valence-electron chi connectivity index (χ1n) is 10.8. The quantitative estimate of drug-likeness (QED) is 0.329. The van der Waals surface area contributed by atoms with Gasteiger partial charge in [0.25, 0.3) is 0 Å². The van der Waals surface area contributed by atoms with E-state index in [1.165, 1.54) is 5.56 Å². The molecule has 8 heteroatoms. The summed E-state index contributed by atoms with van der Waals surface area (Å²) in [5.41, 5.74) is 1.23. The van der Waals surface area contributed by atoms with Gasteiger partial charge in [-0.15, -0.1) is 0 Å². The molecule has 1 aliphatic rings. The number of thiocarbonyl (C=S) groups is 1. The molecule has 30 heavy (non-hydrogen) atoms. The van der Waals surface area contributed by atoms with Crippen molar-refractivity contribution in [3.8, 4) is 0 Å². The summed E-state index contributed by atoms with van der Waals surface area (Å²) in [5, 5.41) is 6.96. The molecule has 1 fully saturated rings. The van der Waals surface area contributed by atoms with Crippen LogP contribution in [0.5, 0.6) is 0 Å². The van der Waals surface area contributed by atoms with Crippen molar-refractivity contribution in [3.63, 3.8) is 0 Å². The molecule has 1 aliphatic heterocycles. The van der Waals surface area contributed by atoms with Crippen LogP contribution in [0.1, 0.15) is 31.7 Å². The van der Waals surface area contributed by atoms with Gasteiger partial charge in [0.05, 0.1) is 13.2 Å². The van der Waals surface area contributed by atoms with Gasteiger partial charge in [-0.2, -0.15) is 0 Å². The van der Waals surface area contributed by atoms with Gasteiger partial charge in [-0.1, -0.05) is 30.3 Å². The van der Waals surface area contributed by atoms with E-state index in [2.05, 4.69) is 32.6 Å². The number of nitrogens with one attached hydrogen (secondary N) is 2. The molecule has 1 aromatic carbocycles. The lowest BCUT2D eigenvalue weighted by Crippen LogP contribution is -2.43. The van der Waals surface area contributed by atoms with Gasteiger partial charge in [-0.05, 0) is 44.0 Å². The third-order valence-corrected chi connectivity index (χ3v) is 5.36. The van der Waals surface area contributed by atoms with Gasteiger partial charge in [0, 0.05) is 45.7 Å². The second-order valence-corrected chi connectivity index (χ2v) is 7.73. The summed E-state index contributed by atoms with van der Waals surface area (Å²) in [6.45, 7) is 7.30. The van der Waals surface area contributed by atoms with Crippen LogP contribution in [0.2, 0.25) is 0 Å². The van der Waals surface area contributed by atoms with Gasteiger partial charge >= 0.3 is 5.97 Å². The predicted octanol–water partition coefficient (Wildman–Crippen LogP) is 1.57. The highest BCUT2D eigenvalue weighted by molar-refractivity contribution is 7.80. The number of benzene rings is 1. The van der Waals surface area contributed by atoms with E-state index < -0.39 is 0 Å². The fourth-order valence-corrected chi connectivity index (χ4v) is 3.64. The lowest BCUT2D eigenvalue weighted by Gasteiger charge is -2.24. The summed E-state index contributed by atoms with van der Waals surface area (Å²) in [5.74, 6) is -0.100. The number of carbonyl (C=O) groups is 2. The average molecular weight is 435 g/mol. The Morgan fingerprint density at radius 3 is 2.63 bits per heavy atom. The zero-order valence-electron chi connectivity index (χ0n) is 17.9. The number of ether oxygens (including phenoxy) is 1. The van der Waals surface area contributed by atoms with Crippen LogP contribution >= 0.6 is 12.2 Å². The fourth-order valence-electron chi connectivity index (χ4n) is 3.36. The topological polar surface area (TPSA) is 73.9 Å². The molecule has 1 heterocycles. The van der Waals surface area contributed by atoms with Crippen LogP contribution in [0.4, 0.5) is 0 Å². The Morgan fingerprint density at radius 2 is 1.87 bits per heavy atom. The molecule has 0 unspecified atom stereocenters. The van der Waals surface area contributed by atoms with E-state index in [4.69, 9.17) is 17.0 Å². The molecule has 2 rings (SSSR count). The minimum atomic E-state index is -0.169. The Morgan fingerprint density at radius 1 is 1.07 bits per heavy atom. The third-order valence-electron chi connectivity index (χ3n) is 4.96. The summed E-state index contributed by atoms with van der Waals surface area (Å²) in [7, 11) is 0. The Bertz CT molecular complexity index is 672. The molecule has 0 bridgehead atoms. The third kappa shape index (κ3) is 9.54. The van der Waals surface area contributed by atoms with E-state index in [0.717, 1.165) is 39.0 Å². The van der Waals surface area contributed by atoms with Crippen molar-refractivity contribution in [2.45, 2.75) is 32.6 Å². The minimum Gasteiger partial charge on any atom is -0.466 e. The van der Waals surface area contributed by atoms with Crippen molar-refractivity contribution >= 4 is 29.2 Å². The van der Waals surface area contributed by atoms with Crippen molar-refractivity contribution < 1.29 is 14.3 Å². The molecule has 0 saturated carbocycles. The summed E-state index contributed by atoms with van der Waals surface area (Å²) >= 11 is 5.50. The normalized spacial score (nSPS) is 14.6. The predicted molar refractivity (Wildman–Crippen MR) is 122 cm³/mol. The summed E-state index contributed by atoms with van der Waals surface area (Å²) in [6, 6.07) is 10.2. The van der Waals surface area contributed by atoms with Crippen molar-refractivity contribution in [2.75, 3.05) is 52.4 Å². The van der Waals surface area contributed by atoms with Crippen LogP contribution < -0.4 is 10.6 Å². The number of nitrogens with zero attached hydrogens (tertiary/aromatic N) is 2. The summed E-state index contributed by atoms with van der Waals surface area (Å²) in [4.78, 5) is 28.0. The first-order chi connectivity index (χ1) is 14.6. The Labute approximate surface area is 185 Å². The highest BCUT2D eigenvalue weighted by Crippen LogP contribution is 2.04. The zero-order valence-corrected chi connectivity index (χ0v) is 18.7. The minimum absolute atomic E-state index is 0.0686. The van der Waals surface area contributed by atoms with Crippen LogP contribution in [0.15, 0.2) is 30.3 Å². The van der Waals surface area contributed by atoms with Gasteiger partial charge in [0.1, 0.15) is 0 Å². The van der Waals surface area contributed by atoms with Gasteiger partial charge in [-0.25, -0.2) is 0 Å². The number of rotatable bonds is 10. The monoisotopic (exact) mass is 434 g/mol. The van der Waals surface area contributed by atoms with Crippen LogP contribution in [-0.4, -0.2) is 79.2 Å². The second-order valence-electron chi connectivity index (χ2n) is 7.34. The van der Waals surface area contributed by atoms with Gasteiger partial charge in [0.2, 0.25) is 5.91 Å². The molecule has 7 nitrogen and oxygen atoms in total. The average Bonchev–Trinajstić information content (AvgIpc) is 2.98. The second kappa shape index (κ2) is 13.9. The zero-order chi connectivity index (χ0) is 21.6. The number of hydrogen-bond acceptors (Lipinski definition) is 5. The maximum Gasteiger partial charge on any atom is 0.305 e. The Hall–Kier alpha value is -2.19. The van der Waals surface area contributed by atoms with E-state index in [1.54, 1.807) is 0 Å². The van der Waals surface area contributed by atoms with Crippen molar-refractivity contribution in [1.29, 1.82) is 0 Å². The summed E-state index contributed by atoms with van der Waals surface area (Å²) in [6.07, 6.45) is 2.90. The fraction of sp³-hybridized carbons (Fsp3) is 0.591. The number of esters is 1. The SMILES string of the molecule is CCOC(=O)CCCNC(=S)N1CCCN(CC(=O)NCCc2ccccc2)CC1. The van der Waals surface area contributed by atoms with Gasteiger partial charge in [0.15, 0.2) is 5.11 Å². The highest BCUT2D eigenvalue weighted by Gasteiger charge is 2.18. The molecule has 1 amide bonds. The lowest BCUT2D eigenvalue weighted by atomic mass is 10.1. The van der Waals surface area contributed by atoms with Crippen LogP contribution in [0.3, 0.4) is 0 Å². The molecule has 2 N–H and O–H groups in total. The molecular weight excluding hydrogens is 400 g/mol. The van der Waals surface area contributed by atoms with E-state index in [9.17, 15) is 9.59 Å². The molecule has 0 aliphatic carbocycles. The number of carbonyl (C=O) groups excluding carboxylic acids is 2. The van der Waals surface area contributed by atoms with Crippen LogP contribution in [0.25, 0.3) is 0 Å². The number of hydrogen-bond donors (Lipinski definition) is 2. The maximum atomic E-state index is 12.3. The van der Waals surface area contributed by atoms with E-state index >= 15 is 0 Å². The molecule has 0 aromatic heterocycles. The molecule has 1 aromatic rings. The summed E-state index contributed by atoms with van der Waals surface area (Å²) < 4.78 is 4.92. The molecule has 0 radical (unpaired) electrons. The molecular formula is C22H34N4O3S. The van der Waals surface area contributed by atoms with Crippen LogP contribution in [-0.2, 0) is 20.7 Å². The number of amides is 1. The molecule has 0 spiro atoms. The highest BCUT2D eigenvalue weighted by atomic mass is 32.1. The molecule has 0 atom stereocenters. The largest absolute Gasteiger partial charge is 0.466 e. The molecule has 1 saturated heterocycles. The Kier molecular flexibility index (Phi) is 11.2. The molecule has 166 valence electrons. The standard InChI is InChI=1S/C22H34N4O3S/c1-2-29-21(28)10-6-12-24-22(30)26-15-7-14-25(16-17-26)18-20(27)23-13-11-19-8-4-3-5-9-19/h3-5,8-9H,2,6-7,10-18H2,1H3,(H,23,27)(H,24,30). The lowest BCUT2D eigenvalue weighted by molar-refractivity contribution is -0.143. The first-order valence-corrected chi connectivity index (χ1v) is 11.2. The van der Waals surface area contributed by atoms with Crippen molar-refractivity contribution in [2.24, 2.45) is 0 Å². The Balaban J connectivity index is 1.61. The maximum absolute atomic E-state index is 12.3. The van der Waals surface area contributed by atoms with E-state index in [-0.39, 0.29) is 11.9 Å². The van der Waals surface area contributed by atoms with Gasteiger partial charge < -0.3 is 20.3 Å². The first kappa shape index (κ1) is 24.1. The van der Waals surface area contributed by atoms with Gasteiger partial charge in [-0.3, -0.25) is 14.5 Å². The van der Waals surface area contributed by atoms with Crippen molar-refractivity contribution in [1.82, 2.24) is 20.4 Å². The smallest absolute Gasteiger partial charge is 0.305 e. The van der Waals surface area contributed by atoms with Crippen molar-refractivity contribution in [3.05, 3.63) is 35.9 Å². The van der Waals surface area contributed by atoms with E-state index in [0.29, 0.717) is 44.2 Å². The van der Waals surface area contributed by atoms with E-state index in [1.807, 2.05) is 25.1 Å².